The molecule has 8 heteroatoms. The zero-order valence-corrected chi connectivity index (χ0v) is 13.9. The van der Waals surface area contributed by atoms with Crippen LogP contribution < -0.4 is 5.32 Å². The van der Waals surface area contributed by atoms with Crippen LogP contribution in [0.1, 0.15) is 21.8 Å². The number of hydrogen-bond acceptors (Lipinski definition) is 7. The second-order valence-electron chi connectivity index (χ2n) is 5.24. The highest BCUT2D eigenvalue weighted by Crippen LogP contribution is 2.25. The molecule has 0 fully saturated rings. The van der Waals surface area contributed by atoms with E-state index in [4.69, 9.17) is 9.26 Å². The largest absolute Gasteiger partial charge is 0.377 e. The van der Waals surface area contributed by atoms with Gasteiger partial charge in [-0.3, -0.25) is 4.79 Å². The minimum atomic E-state index is -0.208. The third-order valence-corrected chi connectivity index (χ3v) is 4.11. The van der Waals surface area contributed by atoms with E-state index in [2.05, 4.69) is 20.7 Å². The maximum Gasteiger partial charge on any atom is 0.232 e. The first-order chi connectivity index (χ1) is 11.1. The van der Waals surface area contributed by atoms with Crippen LogP contribution >= 0.6 is 11.3 Å². The summed E-state index contributed by atoms with van der Waals surface area (Å²) in [7, 11) is 1.58. The third-order valence-electron chi connectivity index (χ3n) is 3.30. The van der Waals surface area contributed by atoms with E-state index in [0.717, 1.165) is 16.5 Å². The number of fused-ring (bicyclic) bond motifs is 1. The predicted octanol–water partition coefficient (Wildman–Crippen LogP) is 2.62. The summed E-state index contributed by atoms with van der Waals surface area (Å²) in [5.74, 6) is -0.208. The molecule has 120 valence electrons. The van der Waals surface area contributed by atoms with Gasteiger partial charge in [0.1, 0.15) is 17.3 Å². The molecule has 1 amide bonds. The number of nitrogens with one attached hydrogen (secondary N) is 1. The molecule has 0 aliphatic carbocycles. The Balaban J connectivity index is 1.75. The molecule has 2 aromatic heterocycles. The van der Waals surface area contributed by atoms with Crippen LogP contribution in [0.15, 0.2) is 16.7 Å². The number of nitrogens with zero attached hydrogens (tertiary/aromatic N) is 3. The maximum atomic E-state index is 12.2. The molecule has 0 unspecified atom stereocenters. The van der Waals surface area contributed by atoms with Gasteiger partial charge in [0.05, 0.1) is 6.42 Å². The van der Waals surface area contributed by atoms with Gasteiger partial charge in [-0.25, -0.2) is 0 Å². The van der Waals surface area contributed by atoms with Crippen molar-refractivity contribution in [2.75, 3.05) is 12.4 Å². The van der Waals surface area contributed by atoms with Crippen LogP contribution in [0.2, 0.25) is 0 Å². The lowest BCUT2D eigenvalue weighted by Crippen LogP contribution is -2.14. The van der Waals surface area contributed by atoms with Crippen molar-refractivity contribution in [3.63, 3.8) is 0 Å². The van der Waals surface area contributed by atoms with Crippen molar-refractivity contribution in [2.45, 2.75) is 26.9 Å². The number of rotatable bonds is 5. The Labute approximate surface area is 136 Å². The summed E-state index contributed by atoms with van der Waals surface area (Å²) >= 11 is 1.28. The summed E-state index contributed by atoms with van der Waals surface area (Å²) in [5.41, 5.74) is 3.46. The number of carbonyl (C=O) groups excluding carboxylic acids is 1. The number of methoxy groups -OCH3 is 1. The first kappa shape index (κ1) is 15.6. The first-order valence-electron chi connectivity index (χ1n) is 7.03. The fourth-order valence-electron chi connectivity index (χ4n) is 2.44. The van der Waals surface area contributed by atoms with Crippen molar-refractivity contribution in [1.29, 1.82) is 0 Å². The molecule has 0 radical (unpaired) electrons. The van der Waals surface area contributed by atoms with Crippen LogP contribution in [0, 0.1) is 13.8 Å². The Morgan fingerprint density at radius 2 is 2.17 bits per heavy atom. The topological polar surface area (TPSA) is 90.1 Å². The fourth-order valence-corrected chi connectivity index (χ4v) is 3.17. The number of carbonyl (C=O) groups is 1. The molecule has 3 aromatic rings. The summed E-state index contributed by atoms with van der Waals surface area (Å²) in [6.07, 6.45) is 0.121. The van der Waals surface area contributed by atoms with Gasteiger partial charge in [-0.1, -0.05) is 22.6 Å². The van der Waals surface area contributed by atoms with Crippen LogP contribution in [0.5, 0.6) is 0 Å². The number of aryl methyl sites for hydroxylation is 2. The van der Waals surface area contributed by atoms with Gasteiger partial charge in [0, 0.05) is 12.5 Å². The SMILES string of the molecule is COCc1nnc(NC(=O)Cc2noc3cc(C)cc(C)c23)s1. The van der Waals surface area contributed by atoms with E-state index in [1.165, 1.54) is 11.3 Å². The second kappa shape index (κ2) is 6.43. The van der Waals surface area contributed by atoms with E-state index in [-0.39, 0.29) is 12.3 Å². The Kier molecular flexibility index (Phi) is 4.35. The Morgan fingerprint density at radius 3 is 2.96 bits per heavy atom. The van der Waals surface area contributed by atoms with Crippen LogP contribution in [-0.2, 0) is 22.6 Å². The lowest BCUT2D eigenvalue weighted by atomic mass is 10.0. The molecule has 2 heterocycles. The molecule has 0 aliphatic rings. The number of ether oxygens (including phenoxy) is 1. The third kappa shape index (κ3) is 3.38. The van der Waals surface area contributed by atoms with Gasteiger partial charge in [-0.2, -0.15) is 0 Å². The van der Waals surface area contributed by atoms with E-state index in [9.17, 15) is 4.79 Å². The molecule has 7 nitrogen and oxygen atoms in total. The highest BCUT2D eigenvalue weighted by molar-refractivity contribution is 7.15. The minimum absolute atomic E-state index is 0.121. The van der Waals surface area contributed by atoms with Crippen molar-refractivity contribution in [3.8, 4) is 0 Å². The normalized spacial score (nSPS) is 11.1. The monoisotopic (exact) mass is 332 g/mol. The van der Waals surface area contributed by atoms with Crippen molar-refractivity contribution in [1.82, 2.24) is 15.4 Å². The van der Waals surface area contributed by atoms with Crippen LogP contribution in [-0.4, -0.2) is 28.4 Å². The molecule has 1 N–H and O–H groups in total. The lowest BCUT2D eigenvalue weighted by Gasteiger charge is -2.01. The quantitative estimate of drug-likeness (QED) is 0.772. The van der Waals surface area contributed by atoms with Crippen LogP contribution in [0.3, 0.4) is 0 Å². The van der Waals surface area contributed by atoms with E-state index in [1.807, 2.05) is 26.0 Å². The predicted molar refractivity (Wildman–Crippen MR) is 86.4 cm³/mol. The van der Waals surface area contributed by atoms with E-state index < -0.39 is 0 Å². The van der Waals surface area contributed by atoms with Gasteiger partial charge in [0.25, 0.3) is 0 Å². The number of hydrogen-bond donors (Lipinski definition) is 1. The minimum Gasteiger partial charge on any atom is -0.377 e. The summed E-state index contributed by atoms with van der Waals surface area (Å²) in [4.78, 5) is 12.2. The molecule has 23 heavy (non-hydrogen) atoms. The van der Waals surface area contributed by atoms with Gasteiger partial charge in [-0.05, 0) is 31.0 Å². The number of amides is 1. The van der Waals surface area contributed by atoms with Crippen LogP contribution in [0.25, 0.3) is 11.0 Å². The maximum absolute atomic E-state index is 12.2. The first-order valence-corrected chi connectivity index (χ1v) is 7.85. The van der Waals surface area contributed by atoms with Gasteiger partial charge >= 0.3 is 0 Å². The molecule has 3 rings (SSSR count). The summed E-state index contributed by atoms with van der Waals surface area (Å²) in [6, 6.07) is 3.96. The van der Waals surface area contributed by atoms with Crippen molar-refractivity contribution < 1.29 is 14.1 Å². The molecule has 1 aromatic carbocycles. The molecule has 0 atom stereocenters. The molecule has 0 saturated carbocycles. The Bertz CT molecular complexity index is 856. The van der Waals surface area contributed by atoms with E-state index in [0.29, 0.717) is 28.0 Å². The van der Waals surface area contributed by atoms with Crippen molar-refractivity contribution in [2.24, 2.45) is 0 Å². The number of benzene rings is 1. The highest BCUT2D eigenvalue weighted by Gasteiger charge is 2.16. The van der Waals surface area contributed by atoms with Crippen molar-refractivity contribution in [3.05, 3.63) is 34.0 Å². The van der Waals surface area contributed by atoms with Crippen LogP contribution in [0.4, 0.5) is 5.13 Å². The Hall–Kier alpha value is -2.32. The lowest BCUT2D eigenvalue weighted by molar-refractivity contribution is -0.115. The van der Waals surface area contributed by atoms with Gasteiger partial charge in [0.15, 0.2) is 5.58 Å². The van der Waals surface area contributed by atoms with E-state index in [1.54, 1.807) is 7.11 Å². The van der Waals surface area contributed by atoms with Gasteiger partial charge in [-0.15, -0.1) is 10.2 Å². The smallest absolute Gasteiger partial charge is 0.232 e. The average molecular weight is 332 g/mol. The molecule has 0 bridgehead atoms. The molecule has 0 spiro atoms. The summed E-state index contributed by atoms with van der Waals surface area (Å²) in [6.45, 7) is 4.35. The summed E-state index contributed by atoms with van der Waals surface area (Å²) < 4.78 is 10.3. The molecular formula is C15H16N4O3S. The Morgan fingerprint density at radius 1 is 1.35 bits per heavy atom. The standard InChI is InChI=1S/C15H16N4O3S/c1-8-4-9(2)14-10(19-22-11(14)5-8)6-12(20)16-15-18-17-13(23-15)7-21-3/h4-5H,6-7H2,1-3H3,(H,16,18,20). The number of aromatic nitrogens is 3. The molecule has 0 saturated heterocycles. The summed E-state index contributed by atoms with van der Waals surface area (Å²) in [5, 5.41) is 16.6. The van der Waals surface area contributed by atoms with Gasteiger partial charge < -0.3 is 14.6 Å². The average Bonchev–Trinajstić information content (AvgIpc) is 3.07. The second-order valence-corrected chi connectivity index (χ2v) is 6.31. The molecule has 0 aliphatic heterocycles. The van der Waals surface area contributed by atoms with E-state index >= 15 is 0 Å². The highest BCUT2D eigenvalue weighted by atomic mass is 32.1. The van der Waals surface area contributed by atoms with Gasteiger partial charge in [0.2, 0.25) is 11.0 Å². The zero-order valence-electron chi connectivity index (χ0n) is 13.0. The number of anilines is 1. The zero-order chi connectivity index (χ0) is 16.4. The fraction of sp³-hybridized carbons (Fsp3) is 0.333. The molecular weight excluding hydrogens is 316 g/mol. The van der Waals surface area contributed by atoms with Crippen molar-refractivity contribution >= 4 is 33.3 Å².